The van der Waals surface area contributed by atoms with E-state index in [4.69, 9.17) is 23.2 Å². The Morgan fingerprint density at radius 2 is 2.11 bits per heavy atom. The molecule has 0 radical (unpaired) electrons. The van der Waals surface area contributed by atoms with Crippen molar-refractivity contribution in [1.29, 1.82) is 0 Å². The number of hydrogen-bond donors (Lipinski definition) is 1. The number of benzene rings is 1. The van der Waals surface area contributed by atoms with Crippen LogP contribution in [0.4, 0.5) is 0 Å². The minimum Gasteiger partial charge on any atom is -0.345 e. The molecule has 104 valence electrons. The second kappa shape index (κ2) is 6.15. The Labute approximate surface area is 124 Å². The summed E-state index contributed by atoms with van der Waals surface area (Å²) in [6.07, 6.45) is 4.25. The van der Waals surface area contributed by atoms with E-state index in [1.807, 2.05) is 0 Å². The van der Waals surface area contributed by atoms with Gasteiger partial charge in [0.25, 0.3) is 5.91 Å². The summed E-state index contributed by atoms with van der Waals surface area (Å²) in [7, 11) is 0. The molecule has 0 aliphatic heterocycles. The zero-order valence-electron chi connectivity index (χ0n) is 11.1. The molecular weight excluding hydrogens is 281 g/mol. The average Bonchev–Trinajstić information content (AvgIpc) is 2.39. The Kier molecular flexibility index (Phi) is 4.75. The molecular formula is C15H19Cl2NO. The van der Waals surface area contributed by atoms with E-state index in [-0.39, 0.29) is 11.4 Å². The Bertz CT molecular complexity index is 446. The van der Waals surface area contributed by atoms with Gasteiger partial charge < -0.3 is 5.32 Å². The number of alkyl halides is 1. The van der Waals surface area contributed by atoms with Crippen LogP contribution in [-0.2, 0) is 0 Å². The quantitative estimate of drug-likeness (QED) is 0.830. The van der Waals surface area contributed by atoms with Gasteiger partial charge in [0.05, 0.1) is 5.54 Å². The zero-order valence-corrected chi connectivity index (χ0v) is 12.6. The van der Waals surface area contributed by atoms with E-state index in [2.05, 4.69) is 12.2 Å². The monoisotopic (exact) mass is 299 g/mol. The third kappa shape index (κ3) is 3.64. The van der Waals surface area contributed by atoms with Gasteiger partial charge in [0.2, 0.25) is 0 Å². The maximum Gasteiger partial charge on any atom is 0.251 e. The molecule has 1 aliphatic carbocycles. The van der Waals surface area contributed by atoms with Crippen molar-refractivity contribution < 1.29 is 4.79 Å². The molecule has 1 saturated carbocycles. The third-order valence-corrected chi connectivity index (χ3v) is 4.60. The molecule has 4 heteroatoms. The molecule has 2 unspecified atom stereocenters. The van der Waals surface area contributed by atoms with Gasteiger partial charge in [0, 0.05) is 16.5 Å². The minimum absolute atomic E-state index is 0.0635. The zero-order chi connectivity index (χ0) is 13.9. The van der Waals surface area contributed by atoms with Crippen molar-refractivity contribution in [1.82, 2.24) is 5.32 Å². The molecule has 1 aromatic rings. The standard InChI is InChI=1S/C15H19Cl2NO/c1-11-3-2-8-15(9-11,10-16)18-14(19)12-4-6-13(17)7-5-12/h4-7,11H,2-3,8-10H2,1H3,(H,18,19). The van der Waals surface area contributed by atoms with Crippen LogP contribution in [0, 0.1) is 5.92 Å². The fraction of sp³-hybridized carbons (Fsp3) is 0.533. The Morgan fingerprint density at radius 1 is 1.42 bits per heavy atom. The second-order valence-corrected chi connectivity index (χ2v) is 6.28. The Hall–Kier alpha value is -0.730. The molecule has 2 nitrogen and oxygen atoms in total. The summed E-state index contributed by atoms with van der Waals surface area (Å²) in [6, 6.07) is 6.94. The number of nitrogens with one attached hydrogen (secondary N) is 1. The van der Waals surface area contributed by atoms with Gasteiger partial charge in [-0.05, 0) is 43.0 Å². The first-order chi connectivity index (χ1) is 9.04. The SMILES string of the molecule is CC1CCCC(CCl)(NC(=O)c2ccc(Cl)cc2)C1. The molecule has 0 spiro atoms. The predicted octanol–water partition coefficient (Wildman–Crippen LogP) is 4.26. The van der Waals surface area contributed by atoms with E-state index in [1.165, 1.54) is 6.42 Å². The molecule has 1 fully saturated rings. The van der Waals surface area contributed by atoms with Crippen LogP contribution in [0.3, 0.4) is 0 Å². The normalized spacial score (nSPS) is 27.0. The Balaban J connectivity index is 2.09. The largest absolute Gasteiger partial charge is 0.345 e. The lowest BCUT2D eigenvalue weighted by Crippen LogP contribution is -2.52. The Morgan fingerprint density at radius 3 is 2.68 bits per heavy atom. The fourth-order valence-electron chi connectivity index (χ4n) is 2.84. The summed E-state index contributed by atoms with van der Waals surface area (Å²) in [5.41, 5.74) is 0.378. The van der Waals surface area contributed by atoms with Crippen LogP contribution < -0.4 is 5.32 Å². The number of hydrogen-bond acceptors (Lipinski definition) is 1. The summed E-state index contributed by atoms with van der Waals surface area (Å²) >= 11 is 12.0. The first-order valence-corrected chi connectivity index (χ1v) is 7.60. The van der Waals surface area contributed by atoms with Crippen LogP contribution in [0.2, 0.25) is 5.02 Å². The van der Waals surface area contributed by atoms with Crippen molar-refractivity contribution in [3.05, 3.63) is 34.9 Å². The molecule has 2 atom stereocenters. The summed E-state index contributed by atoms with van der Waals surface area (Å²) < 4.78 is 0. The van der Waals surface area contributed by atoms with Crippen molar-refractivity contribution in [2.45, 2.75) is 38.1 Å². The van der Waals surface area contributed by atoms with E-state index in [0.717, 1.165) is 19.3 Å². The first-order valence-electron chi connectivity index (χ1n) is 6.69. The topological polar surface area (TPSA) is 29.1 Å². The summed E-state index contributed by atoms with van der Waals surface area (Å²) in [5, 5.41) is 3.77. The van der Waals surface area contributed by atoms with E-state index >= 15 is 0 Å². The molecule has 1 aromatic carbocycles. The predicted molar refractivity (Wildman–Crippen MR) is 80.0 cm³/mol. The molecule has 1 N–H and O–H groups in total. The number of amides is 1. The molecule has 0 heterocycles. The van der Waals surface area contributed by atoms with Crippen LogP contribution in [0.15, 0.2) is 24.3 Å². The highest BCUT2D eigenvalue weighted by Crippen LogP contribution is 2.33. The molecule has 1 amide bonds. The van der Waals surface area contributed by atoms with Crippen molar-refractivity contribution in [3.63, 3.8) is 0 Å². The van der Waals surface area contributed by atoms with E-state index in [9.17, 15) is 4.79 Å². The molecule has 2 rings (SSSR count). The highest BCUT2D eigenvalue weighted by atomic mass is 35.5. The van der Waals surface area contributed by atoms with Crippen LogP contribution >= 0.6 is 23.2 Å². The molecule has 0 aromatic heterocycles. The maximum atomic E-state index is 12.3. The van der Waals surface area contributed by atoms with E-state index in [1.54, 1.807) is 24.3 Å². The summed E-state index contributed by atoms with van der Waals surface area (Å²) in [6.45, 7) is 2.22. The van der Waals surface area contributed by atoms with Gasteiger partial charge in [-0.15, -0.1) is 11.6 Å². The third-order valence-electron chi connectivity index (χ3n) is 3.83. The van der Waals surface area contributed by atoms with Gasteiger partial charge in [0.1, 0.15) is 0 Å². The van der Waals surface area contributed by atoms with Crippen LogP contribution in [0.25, 0.3) is 0 Å². The van der Waals surface area contributed by atoms with Gasteiger partial charge in [-0.1, -0.05) is 31.4 Å². The minimum atomic E-state index is -0.254. The number of carbonyl (C=O) groups excluding carboxylic acids is 1. The summed E-state index contributed by atoms with van der Waals surface area (Å²) in [5.74, 6) is 1.01. The van der Waals surface area contributed by atoms with E-state index < -0.39 is 0 Å². The summed E-state index contributed by atoms with van der Waals surface area (Å²) in [4.78, 5) is 12.3. The van der Waals surface area contributed by atoms with Crippen LogP contribution in [-0.4, -0.2) is 17.3 Å². The van der Waals surface area contributed by atoms with Gasteiger partial charge in [0.15, 0.2) is 0 Å². The van der Waals surface area contributed by atoms with Crippen LogP contribution in [0.1, 0.15) is 43.0 Å². The molecule has 0 saturated heterocycles. The van der Waals surface area contributed by atoms with Crippen molar-refractivity contribution >= 4 is 29.1 Å². The fourth-order valence-corrected chi connectivity index (χ4v) is 3.28. The van der Waals surface area contributed by atoms with Crippen molar-refractivity contribution in [3.8, 4) is 0 Å². The number of halogens is 2. The highest BCUT2D eigenvalue weighted by Gasteiger charge is 2.35. The van der Waals surface area contributed by atoms with Crippen LogP contribution in [0.5, 0.6) is 0 Å². The second-order valence-electron chi connectivity index (χ2n) is 5.58. The smallest absolute Gasteiger partial charge is 0.251 e. The lowest BCUT2D eigenvalue weighted by Gasteiger charge is -2.39. The van der Waals surface area contributed by atoms with Gasteiger partial charge in [-0.2, -0.15) is 0 Å². The van der Waals surface area contributed by atoms with Gasteiger partial charge in [-0.3, -0.25) is 4.79 Å². The number of carbonyl (C=O) groups is 1. The van der Waals surface area contributed by atoms with E-state index in [0.29, 0.717) is 22.4 Å². The van der Waals surface area contributed by atoms with Gasteiger partial charge in [-0.25, -0.2) is 0 Å². The number of rotatable bonds is 3. The lowest BCUT2D eigenvalue weighted by molar-refractivity contribution is 0.0867. The lowest BCUT2D eigenvalue weighted by atomic mass is 9.77. The first kappa shape index (κ1) is 14.7. The molecule has 1 aliphatic rings. The van der Waals surface area contributed by atoms with Gasteiger partial charge >= 0.3 is 0 Å². The average molecular weight is 300 g/mol. The van der Waals surface area contributed by atoms with Crippen molar-refractivity contribution in [2.75, 3.05) is 5.88 Å². The van der Waals surface area contributed by atoms with Crippen molar-refractivity contribution in [2.24, 2.45) is 5.92 Å². The maximum absolute atomic E-state index is 12.3. The molecule has 0 bridgehead atoms. The highest BCUT2D eigenvalue weighted by molar-refractivity contribution is 6.30. The molecule has 19 heavy (non-hydrogen) atoms.